The normalized spacial score (nSPS) is 24.2. The second-order valence-corrected chi connectivity index (χ2v) is 7.32. The summed E-state index contributed by atoms with van der Waals surface area (Å²) in [6.45, 7) is 2.81. The molecule has 2 aliphatic rings. The zero-order chi connectivity index (χ0) is 17.6. The van der Waals surface area contributed by atoms with Gasteiger partial charge in [0.1, 0.15) is 0 Å². The molecule has 136 valence electrons. The van der Waals surface area contributed by atoms with Crippen LogP contribution < -0.4 is 5.73 Å². The Morgan fingerprint density at radius 3 is 2.44 bits per heavy atom. The molecule has 0 spiro atoms. The third-order valence-corrected chi connectivity index (χ3v) is 5.45. The molecule has 2 fully saturated rings. The van der Waals surface area contributed by atoms with Crippen molar-refractivity contribution in [2.24, 2.45) is 11.7 Å². The van der Waals surface area contributed by atoms with Crippen LogP contribution in [0.2, 0.25) is 0 Å². The molecular weight excluding hydrogens is 314 g/mol. The maximum absolute atomic E-state index is 12.7. The fourth-order valence-corrected chi connectivity index (χ4v) is 3.94. The van der Waals surface area contributed by atoms with Gasteiger partial charge < -0.3 is 15.5 Å². The average Bonchev–Trinajstić information content (AvgIpc) is 2.92. The molecule has 5 heteroatoms. The SMILES string of the molecule is NC1CCC(C(=O)N2CCCN(C(=O)CCc3ccccc3)CC2)C1. The van der Waals surface area contributed by atoms with E-state index >= 15 is 0 Å². The van der Waals surface area contributed by atoms with Crippen molar-refractivity contribution in [2.45, 2.75) is 44.6 Å². The Kier molecular flexibility index (Phi) is 6.08. The molecule has 0 bridgehead atoms. The number of rotatable bonds is 4. The van der Waals surface area contributed by atoms with Crippen LogP contribution >= 0.6 is 0 Å². The topological polar surface area (TPSA) is 66.6 Å². The summed E-state index contributed by atoms with van der Waals surface area (Å²) < 4.78 is 0. The first-order chi connectivity index (χ1) is 12.1. The van der Waals surface area contributed by atoms with Crippen molar-refractivity contribution in [3.8, 4) is 0 Å². The van der Waals surface area contributed by atoms with Crippen molar-refractivity contribution in [1.29, 1.82) is 0 Å². The van der Waals surface area contributed by atoms with Gasteiger partial charge in [0, 0.05) is 44.6 Å². The highest BCUT2D eigenvalue weighted by Crippen LogP contribution is 2.26. The van der Waals surface area contributed by atoms with E-state index in [-0.39, 0.29) is 23.8 Å². The minimum absolute atomic E-state index is 0.0929. The van der Waals surface area contributed by atoms with Gasteiger partial charge in [-0.15, -0.1) is 0 Å². The van der Waals surface area contributed by atoms with Crippen molar-refractivity contribution < 1.29 is 9.59 Å². The fraction of sp³-hybridized carbons (Fsp3) is 0.600. The van der Waals surface area contributed by atoms with Crippen LogP contribution in [-0.4, -0.2) is 53.8 Å². The zero-order valence-electron chi connectivity index (χ0n) is 14.9. The van der Waals surface area contributed by atoms with E-state index in [2.05, 4.69) is 12.1 Å². The summed E-state index contributed by atoms with van der Waals surface area (Å²) in [4.78, 5) is 29.0. The number of nitrogens with zero attached hydrogens (tertiary/aromatic N) is 2. The molecule has 0 aromatic heterocycles. The molecule has 3 rings (SSSR count). The van der Waals surface area contributed by atoms with Crippen LogP contribution in [0, 0.1) is 5.92 Å². The summed E-state index contributed by atoms with van der Waals surface area (Å²) >= 11 is 0. The lowest BCUT2D eigenvalue weighted by atomic mass is 10.1. The monoisotopic (exact) mass is 343 g/mol. The van der Waals surface area contributed by atoms with E-state index in [0.717, 1.165) is 45.2 Å². The van der Waals surface area contributed by atoms with Crippen LogP contribution in [0.15, 0.2) is 30.3 Å². The summed E-state index contributed by atoms with van der Waals surface area (Å²) in [5, 5.41) is 0. The van der Waals surface area contributed by atoms with E-state index in [1.807, 2.05) is 28.0 Å². The Morgan fingerprint density at radius 2 is 1.72 bits per heavy atom. The van der Waals surface area contributed by atoms with Gasteiger partial charge in [0.05, 0.1) is 0 Å². The van der Waals surface area contributed by atoms with E-state index in [9.17, 15) is 9.59 Å². The van der Waals surface area contributed by atoms with Crippen LogP contribution in [0.5, 0.6) is 0 Å². The van der Waals surface area contributed by atoms with Crippen molar-refractivity contribution in [2.75, 3.05) is 26.2 Å². The Balaban J connectivity index is 1.47. The lowest BCUT2D eigenvalue weighted by Gasteiger charge is -2.24. The number of hydrogen-bond acceptors (Lipinski definition) is 3. The summed E-state index contributed by atoms with van der Waals surface area (Å²) in [5.74, 6) is 0.530. The molecule has 1 aromatic carbocycles. The van der Waals surface area contributed by atoms with E-state index in [0.29, 0.717) is 19.5 Å². The van der Waals surface area contributed by atoms with E-state index in [1.54, 1.807) is 0 Å². The molecule has 0 radical (unpaired) electrons. The highest BCUT2D eigenvalue weighted by Gasteiger charge is 2.32. The van der Waals surface area contributed by atoms with Crippen molar-refractivity contribution >= 4 is 11.8 Å². The average molecular weight is 343 g/mol. The highest BCUT2D eigenvalue weighted by molar-refractivity contribution is 5.80. The predicted octanol–water partition coefficient (Wildman–Crippen LogP) is 1.81. The minimum Gasteiger partial charge on any atom is -0.341 e. The van der Waals surface area contributed by atoms with Gasteiger partial charge in [0.15, 0.2) is 0 Å². The predicted molar refractivity (Wildman–Crippen MR) is 97.9 cm³/mol. The molecule has 2 amide bonds. The van der Waals surface area contributed by atoms with Gasteiger partial charge >= 0.3 is 0 Å². The third kappa shape index (κ3) is 4.82. The molecule has 2 atom stereocenters. The van der Waals surface area contributed by atoms with Gasteiger partial charge in [-0.3, -0.25) is 9.59 Å². The van der Waals surface area contributed by atoms with Gasteiger partial charge in [0.2, 0.25) is 11.8 Å². The molecule has 2 N–H and O–H groups in total. The summed E-state index contributed by atoms with van der Waals surface area (Å²) in [6, 6.07) is 10.3. The smallest absolute Gasteiger partial charge is 0.225 e. The number of carbonyl (C=O) groups is 2. The molecular formula is C20H29N3O2. The Morgan fingerprint density at radius 1 is 1.00 bits per heavy atom. The van der Waals surface area contributed by atoms with Crippen molar-refractivity contribution in [3.05, 3.63) is 35.9 Å². The first-order valence-corrected chi connectivity index (χ1v) is 9.49. The molecule has 1 heterocycles. The molecule has 1 saturated heterocycles. The number of hydrogen-bond donors (Lipinski definition) is 1. The second kappa shape index (κ2) is 8.48. The maximum atomic E-state index is 12.7. The summed E-state index contributed by atoms with van der Waals surface area (Å²) in [6.07, 6.45) is 4.86. The van der Waals surface area contributed by atoms with Gasteiger partial charge in [-0.05, 0) is 37.7 Å². The molecule has 1 aromatic rings. The minimum atomic E-state index is 0.0929. The van der Waals surface area contributed by atoms with Crippen molar-refractivity contribution in [1.82, 2.24) is 9.80 Å². The Labute approximate surface area is 150 Å². The van der Waals surface area contributed by atoms with E-state index in [1.165, 1.54) is 5.56 Å². The van der Waals surface area contributed by atoms with Crippen LogP contribution in [0.3, 0.4) is 0 Å². The third-order valence-electron chi connectivity index (χ3n) is 5.45. The molecule has 5 nitrogen and oxygen atoms in total. The quantitative estimate of drug-likeness (QED) is 0.907. The van der Waals surface area contributed by atoms with E-state index in [4.69, 9.17) is 5.73 Å². The molecule has 2 unspecified atom stereocenters. The Hall–Kier alpha value is -1.88. The summed E-state index contributed by atoms with van der Waals surface area (Å²) in [7, 11) is 0. The molecule has 1 saturated carbocycles. The lowest BCUT2D eigenvalue weighted by Crippen LogP contribution is -2.39. The molecule has 1 aliphatic carbocycles. The molecule has 25 heavy (non-hydrogen) atoms. The first-order valence-electron chi connectivity index (χ1n) is 9.49. The van der Waals surface area contributed by atoms with Crippen LogP contribution in [0.25, 0.3) is 0 Å². The number of aryl methyl sites for hydroxylation is 1. The zero-order valence-corrected chi connectivity index (χ0v) is 14.9. The second-order valence-electron chi connectivity index (χ2n) is 7.32. The number of carbonyl (C=O) groups excluding carboxylic acids is 2. The van der Waals surface area contributed by atoms with Crippen LogP contribution in [0.1, 0.15) is 37.7 Å². The largest absolute Gasteiger partial charge is 0.341 e. The van der Waals surface area contributed by atoms with Gasteiger partial charge in [0.25, 0.3) is 0 Å². The lowest BCUT2D eigenvalue weighted by molar-refractivity contribution is -0.136. The Bertz CT molecular complexity index is 590. The highest BCUT2D eigenvalue weighted by atomic mass is 16.2. The first kappa shape index (κ1) is 17.9. The van der Waals surface area contributed by atoms with Crippen LogP contribution in [-0.2, 0) is 16.0 Å². The number of benzene rings is 1. The summed E-state index contributed by atoms with van der Waals surface area (Å²) in [5.41, 5.74) is 7.14. The maximum Gasteiger partial charge on any atom is 0.225 e. The van der Waals surface area contributed by atoms with Gasteiger partial charge in [-0.25, -0.2) is 0 Å². The molecule has 1 aliphatic heterocycles. The number of nitrogens with two attached hydrogens (primary N) is 1. The van der Waals surface area contributed by atoms with Crippen molar-refractivity contribution in [3.63, 3.8) is 0 Å². The van der Waals surface area contributed by atoms with E-state index < -0.39 is 0 Å². The standard InChI is InChI=1S/C20H29N3O2/c21-18-9-8-17(15-18)20(25)23-12-4-11-22(13-14-23)19(24)10-7-16-5-2-1-3-6-16/h1-3,5-6,17-18H,4,7-15,21H2. The van der Waals surface area contributed by atoms with Crippen LogP contribution in [0.4, 0.5) is 0 Å². The van der Waals surface area contributed by atoms with Gasteiger partial charge in [-0.2, -0.15) is 0 Å². The fourth-order valence-electron chi connectivity index (χ4n) is 3.94. The van der Waals surface area contributed by atoms with Gasteiger partial charge in [-0.1, -0.05) is 30.3 Å². The number of amides is 2.